The topological polar surface area (TPSA) is 38.7 Å². The van der Waals surface area contributed by atoms with Crippen molar-refractivity contribution in [2.24, 2.45) is 0 Å². The van der Waals surface area contributed by atoms with E-state index >= 15 is 0 Å². The maximum absolute atomic E-state index is 10.1. The van der Waals surface area contributed by atoms with E-state index in [0.717, 1.165) is 28.8 Å². The second kappa shape index (κ2) is 9.94. The molecule has 0 heterocycles. The first kappa shape index (κ1) is 19.1. The quantitative estimate of drug-likeness (QED) is 0.611. The molecule has 0 radical (unpaired) electrons. The number of rotatable bonds is 9. The normalized spacial score (nSPS) is 12.2. The summed E-state index contributed by atoms with van der Waals surface area (Å²) in [6.07, 6.45) is 1.45. The number of ether oxygens (including phenoxy) is 2. The van der Waals surface area contributed by atoms with E-state index < -0.39 is 19.8 Å². The third kappa shape index (κ3) is 6.02. The molecule has 1 atom stereocenters. The number of para-hydroxylation sites is 2. The molecule has 2 aromatic rings. The summed E-state index contributed by atoms with van der Waals surface area (Å²) < 4.78 is 12.3. The van der Waals surface area contributed by atoms with Gasteiger partial charge in [-0.05, 0) is 0 Å². The van der Waals surface area contributed by atoms with Gasteiger partial charge in [0.1, 0.15) is 0 Å². The van der Waals surface area contributed by atoms with Crippen molar-refractivity contribution in [2.75, 3.05) is 13.7 Å². The van der Waals surface area contributed by atoms with Gasteiger partial charge in [-0.3, -0.25) is 0 Å². The van der Waals surface area contributed by atoms with Crippen molar-refractivity contribution < 1.29 is 14.6 Å². The van der Waals surface area contributed by atoms with Crippen molar-refractivity contribution in [3.05, 3.63) is 59.7 Å². The van der Waals surface area contributed by atoms with Crippen LogP contribution in [0.5, 0.6) is 11.5 Å². The van der Waals surface area contributed by atoms with Crippen LogP contribution in [0.15, 0.2) is 48.5 Å². The van der Waals surface area contributed by atoms with E-state index in [1.54, 1.807) is 7.11 Å². The molecule has 0 aliphatic heterocycles. The van der Waals surface area contributed by atoms with Crippen molar-refractivity contribution in [1.82, 2.24) is 0 Å². The Hall–Kier alpha value is -1.20. The van der Waals surface area contributed by atoms with Gasteiger partial charge in [0.15, 0.2) is 0 Å². The summed E-state index contributed by atoms with van der Waals surface area (Å²) in [4.78, 5) is 4.62. The standard InChI is InChI=1S/C18H21O3.2CH3.Sn.H/c1-14(19)13-21-18-10-6-4-8-16(18)12-11-15-7-3-5-9-17(15)20-2;;;;/h3-10,14,19H,1,11-13H2,2H3;2*1H3;;. The van der Waals surface area contributed by atoms with Gasteiger partial charge in [0.2, 0.25) is 0 Å². The van der Waals surface area contributed by atoms with E-state index in [0.29, 0.717) is 6.61 Å². The maximum atomic E-state index is 10.1. The SMILES string of the molecule is COc1ccccc1CCc1ccccc1OCC(O)[CH2][SnH]([CH3])[CH3]. The van der Waals surface area contributed by atoms with Gasteiger partial charge in [-0.2, -0.15) is 0 Å². The molecule has 24 heavy (non-hydrogen) atoms. The summed E-state index contributed by atoms with van der Waals surface area (Å²) in [6, 6.07) is 16.2. The summed E-state index contributed by atoms with van der Waals surface area (Å²) in [5, 5.41) is 10.1. The molecule has 0 saturated heterocycles. The molecule has 0 amide bonds. The Bertz CT molecular complexity index is 628. The number of aliphatic hydroxyl groups is 1. The summed E-state index contributed by atoms with van der Waals surface area (Å²) in [5.41, 5.74) is 2.37. The van der Waals surface area contributed by atoms with Crippen LogP contribution >= 0.6 is 0 Å². The first-order valence-electron chi connectivity index (χ1n) is 8.60. The molecule has 3 nitrogen and oxygen atoms in total. The van der Waals surface area contributed by atoms with Gasteiger partial charge in [0, 0.05) is 0 Å². The summed E-state index contributed by atoms with van der Waals surface area (Å²) >= 11 is -1.41. The fraction of sp³-hybridized carbons (Fsp3) is 0.400. The summed E-state index contributed by atoms with van der Waals surface area (Å²) in [6.45, 7) is 0.390. The van der Waals surface area contributed by atoms with Crippen molar-refractivity contribution >= 4 is 19.8 Å². The minimum atomic E-state index is -1.41. The van der Waals surface area contributed by atoms with E-state index in [-0.39, 0.29) is 6.10 Å². The molecule has 0 fully saturated rings. The van der Waals surface area contributed by atoms with Gasteiger partial charge in [-0.1, -0.05) is 0 Å². The Labute approximate surface area is 152 Å². The molecule has 0 bridgehead atoms. The zero-order valence-corrected chi connectivity index (χ0v) is 18.2. The molecule has 2 rings (SSSR count). The molecule has 0 aliphatic carbocycles. The molecule has 4 heteroatoms. The Morgan fingerprint density at radius 1 is 0.917 bits per heavy atom. The Morgan fingerprint density at radius 3 is 2.04 bits per heavy atom. The van der Waals surface area contributed by atoms with Gasteiger partial charge in [0.25, 0.3) is 0 Å². The molecule has 0 spiro atoms. The van der Waals surface area contributed by atoms with Crippen LogP contribution in [0.3, 0.4) is 0 Å². The molecule has 1 N–H and O–H groups in total. The average Bonchev–Trinajstić information content (AvgIpc) is 2.58. The predicted molar refractivity (Wildman–Crippen MR) is 102 cm³/mol. The molecule has 1 unspecified atom stereocenters. The monoisotopic (exact) mass is 436 g/mol. The van der Waals surface area contributed by atoms with Crippen molar-refractivity contribution in [3.8, 4) is 11.5 Å². The molecule has 130 valence electrons. The first-order chi connectivity index (χ1) is 11.6. The zero-order chi connectivity index (χ0) is 17.4. The Balaban J connectivity index is 1.98. The zero-order valence-electron chi connectivity index (χ0n) is 14.9. The van der Waals surface area contributed by atoms with Gasteiger partial charge >= 0.3 is 152 Å². The second-order valence-corrected chi connectivity index (χ2v) is 15.8. The number of aryl methyl sites for hydroxylation is 2. The fourth-order valence-electron chi connectivity index (χ4n) is 2.83. The Morgan fingerprint density at radius 2 is 1.46 bits per heavy atom. The van der Waals surface area contributed by atoms with E-state index in [4.69, 9.17) is 9.47 Å². The van der Waals surface area contributed by atoms with Gasteiger partial charge < -0.3 is 0 Å². The average molecular weight is 435 g/mol. The van der Waals surface area contributed by atoms with Crippen molar-refractivity contribution in [3.63, 3.8) is 0 Å². The van der Waals surface area contributed by atoms with Gasteiger partial charge in [0.05, 0.1) is 0 Å². The number of hydrogen-bond acceptors (Lipinski definition) is 3. The summed E-state index contributed by atoms with van der Waals surface area (Å²) in [7, 11) is 1.71. The van der Waals surface area contributed by atoms with Crippen molar-refractivity contribution in [2.45, 2.75) is 33.3 Å². The van der Waals surface area contributed by atoms with Gasteiger partial charge in [-0.25, -0.2) is 0 Å². The van der Waals surface area contributed by atoms with E-state index in [9.17, 15) is 5.11 Å². The van der Waals surface area contributed by atoms with E-state index in [2.05, 4.69) is 22.0 Å². The first-order valence-corrected chi connectivity index (χ1v) is 17.5. The van der Waals surface area contributed by atoms with Crippen LogP contribution in [0.2, 0.25) is 14.3 Å². The number of methoxy groups -OCH3 is 1. The van der Waals surface area contributed by atoms with Crippen LogP contribution in [0.4, 0.5) is 0 Å². The Kier molecular flexibility index (Phi) is 7.92. The van der Waals surface area contributed by atoms with Crippen LogP contribution in [0, 0.1) is 0 Å². The third-order valence-corrected chi connectivity index (χ3v) is 8.25. The number of hydrogen-bond donors (Lipinski definition) is 1. The van der Waals surface area contributed by atoms with E-state index in [1.165, 1.54) is 11.1 Å². The van der Waals surface area contributed by atoms with Crippen LogP contribution in [0.1, 0.15) is 11.1 Å². The summed E-state index contributed by atoms with van der Waals surface area (Å²) in [5.74, 6) is 1.81. The third-order valence-electron chi connectivity index (χ3n) is 4.00. The van der Waals surface area contributed by atoms with E-state index in [1.807, 2.05) is 36.4 Å². The van der Waals surface area contributed by atoms with Crippen LogP contribution in [-0.2, 0) is 12.8 Å². The molecule has 2 aromatic carbocycles. The van der Waals surface area contributed by atoms with Crippen LogP contribution in [-0.4, -0.2) is 44.7 Å². The van der Waals surface area contributed by atoms with Gasteiger partial charge in [-0.15, -0.1) is 0 Å². The predicted octanol–water partition coefficient (Wildman–Crippen LogP) is 3.71. The minimum absolute atomic E-state index is 0.330. The number of aliphatic hydroxyl groups excluding tert-OH is 1. The molecule has 0 aromatic heterocycles. The van der Waals surface area contributed by atoms with Crippen LogP contribution in [0.25, 0.3) is 0 Å². The molecular weight excluding hydrogens is 407 g/mol. The molecular formula is C20H28O3Sn. The van der Waals surface area contributed by atoms with Crippen LogP contribution < -0.4 is 9.47 Å². The molecule has 0 saturated carbocycles. The fourth-order valence-corrected chi connectivity index (χ4v) is 6.32. The van der Waals surface area contributed by atoms with Crippen molar-refractivity contribution in [1.29, 1.82) is 0 Å². The number of benzene rings is 2. The second-order valence-electron chi connectivity index (χ2n) is 6.51. The molecule has 0 aliphatic rings.